The van der Waals surface area contributed by atoms with Crippen LogP contribution in [0.3, 0.4) is 0 Å². The molecule has 1 aromatic heterocycles. The normalized spacial score (nSPS) is 15.7. The Balaban J connectivity index is 1.63. The average molecular weight is 334 g/mol. The molecule has 0 spiro atoms. The number of hydrogen-bond donors (Lipinski definition) is 1. The first-order valence-corrected chi connectivity index (χ1v) is 8.05. The van der Waals surface area contributed by atoms with Crippen molar-refractivity contribution in [2.24, 2.45) is 0 Å². The molecule has 20 heavy (non-hydrogen) atoms. The van der Waals surface area contributed by atoms with E-state index in [4.69, 9.17) is 5.10 Å². The molecule has 1 aliphatic rings. The van der Waals surface area contributed by atoms with Gasteiger partial charge in [-0.05, 0) is 49.6 Å². The maximum atomic E-state index is 4.69. The molecule has 1 aliphatic carbocycles. The first kappa shape index (κ1) is 13.7. The van der Waals surface area contributed by atoms with Crippen molar-refractivity contribution in [2.45, 2.75) is 45.2 Å². The minimum atomic E-state index is 0.622. The van der Waals surface area contributed by atoms with Crippen LogP contribution in [0.2, 0.25) is 0 Å². The predicted octanol–water partition coefficient (Wildman–Crippen LogP) is 4.68. The molecule has 1 heterocycles. The molecule has 1 aromatic carbocycles. The van der Waals surface area contributed by atoms with E-state index in [-0.39, 0.29) is 0 Å². The molecule has 0 saturated heterocycles. The Morgan fingerprint density at radius 1 is 1.30 bits per heavy atom. The van der Waals surface area contributed by atoms with Gasteiger partial charge in [0.1, 0.15) is 0 Å². The highest BCUT2D eigenvalue weighted by molar-refractivity contribution is 9.10. The number of rotatable bonds is 4. The first-order valence-electron chi connectivity index (χ1n) is 7.26. The molecule has 0 radical (unpaired) electrons. The zero-order chi connectivity index (χ0) is 13.9. The molecular weight excluding hydrogens is 314 g/mol. The number of halogens is 1. The van der Waals surface area contributed by atoms with Crippen molar-refractivity contribution >= 4 is 21.6 Å². The Bertz CT molecular complexity index is 565. The summed E-state index contributed by atoms with van der Waals surface area (Å²) >= 11 is 3.53. The van der Waals surface area contributed by atoms with E-state index in [2.05, 4.69) is 63.3 Å². The fourth-order valence-corrected chi connectivity index (χ4v) is 3.48. The van der Waals surface area contributed by atoms with Crippen LogP contribution in [0.1, 0.15) is 43.0 Å². The van der Waals surface area contributed by atoms with Gasteiger partial charge in [0.05, 0.1) is 18.3 Å². The molecule has 0 aliphatic heterocycles. The monoisotopic (exact) mass is 333 g/mol. The Labute approximate surface area is 128 Å². The van der Waals surface area contributed by atoms with E-state index in [9.17, 15) is 0 Å². The largest absolute Gasteiger partial charge is 0.379 e. The summed E-state index contributed by atoms with van der Waals surface area (Å²) in [5.74, 6) is 0. The number of anilines is 1. The lowest BCUT2D eigenvalue weighted by Gasteiger charge is -2.09. The van der Waals surface area contributed by atoms with Gasteiger partial charge in [0.2, 0.25) is 0 Å². The van der Waals surface area contributed by atoms with Crippen LogP contribution in [0.25, 0.3) is 0 Å². The molecule has 1 saturated carbocycles. The van der Waals surface area contributed by atoms with Gasteiger partial charge in [0.15, 0.2) is 0 Å². The van der Waals surface area contributed by atoms with Gasteiger partial charge >= 0.3 is 0 Å². The summed E-state index contributed by atoms with van der Waals surface area (Å²) in [5.41, 5.74) is 3.49. The zero-order valence-electron chi connectivity index (χ0n) is 11.8. The topological polar surface area (TPSA) is 29.9 Å². The van der Waals surface area contributed by atoms with Crippen LogP contribution >= 0.6 is 15.9 Å². The van der Waals surface area contributed by atoms with Crippen LogP contribution in [0.15, 0.2) is 34.9 Å². The Morgan fingerprint density at radius 2 is 2.10 bits per heavy atom. The van der Waals surface area contributed by atoms with Crippen LogP contribution < -0.4 is 5.32 Å². The number of aromatic nitrogens is 2. The van der Waals surface area contributed by atoms with Crippen LogP contribution in [-0.4, -0.2) is 9.78 Å². The summed E-state index contributed by atoms with van der Waals surface area (Å²) in [7, 11) is 0. The van der Waals surface area contributed by atoms with E-state index in [1.807, 2.05) is 0 Å². The molecule has 0 bridgehead atoms. The number of benzene rings is 1. The summed E-state index contributed by atoms with van der Waals surface area (Å²) < 4.78 is 3.26. The number of aryl methyl sites for hydroxylation is 1. The van der Waals surface area contributed by atoms with Crippen molar-refractivity contribution in [1.82, 2.24) is 9.78 Å². The van der Waals surface area contributed by atoms with E-state index < -0.39 is 0 Å². The smallest absolute Gasteiger partial charge is 0.0815 e. The van der Waals surface area contributed by atoms with Gasteiger partial charge in [-0.15, -0.1) is 0 Å². The van der Waals surface area contributed by atoms with E-state index in [0.717, 1.165) is 22.4 Å². The van der Waals surface area contributed by atoms with Crippen molar-refractivity contribution < 1.29 is 0 Å². The van der Waals surface area contributed by atoms with Crippen molar-refractivity contribution in [1.29, 1.82) is 0 Å². The Hall–Kier alpha value is -1.29. The molecule has 1 N–H and O–H groups in total. The average Bonchev–Trinajstić information content (AvgIpc) is 3.06. The lowest BCUT2D eigenvalue weighted by molar-refractivity contribution is 0.463. The molecule has 0 atom stereocenters. The van der Waals surface area contributed by atoms with Gasteiger partial charge in [-0.2, -0.15) is 5.10 Å². The number of nitrogens with one attached hydrogen (secondary N) is 1. The number of hydrogen-bond acceptors (Lipinski definition) is 2. The van der Waals surface area contributed by atoms with E-state index >= 15 is 0 Å². The van der Waals surface area contributed by atoms with Crippen molar-refractivity contribution in [3.05, 3.63) is 46.2 Å². The quantitative estimate of drug-likeness (QED) is 0.880. The van der Waals surface area contributed by atoms with E-state index in [1.165, 1.54) is 31.2 Å². The third-order valence-corrected chi connectivity index (χ3v) is 4.34. The van der Waals surface area contributed by atoms with Crippen LogP contribution in [0, 0.1) is 6.92 Å². The summed E-state index contributed by atoms with van der Waals surface area (Å²) in [5, 5.41) is 8.14. The SMILES string of the molecule is Cc1cc(Br)cc(NCc2ccn(C3CCCC3)n2)c1. The van der Waals surface area contributed by atoms with E-state index in [1.54, 1.807) is 0 Å². The molecule has 1 fully saturated rings. The van der Waals surface area contributed by atoms with Crippen LogP contribution in [-0.2, 0) is 6.54 Å². The maximum Gasteiger partial charge on any atom is 0.0815 e. The molecule has 3 rings (SSSR count). The van der Waals surface area contributed by atoms with Gasteiger partial charge in [-0.25, -0.2) is 0 Å². The first-order chi connectivity index (χ1) is 9.70. The second-order valence-corrected chi connectivity index (χ2v) is 6.51. The van der Waals surface area contributed by atoms with Crippen LogP contribution in [0.5, 0.6) is 0 Å². The highest BCUT2D eigenvalue weighted by atomic mass is 79.9. The zero-order valence-corrected chi connectivity index (χ0v) is 13.4. The minimum absolute atomic E-state index is 0.622. The summed E-state index contributed by atoms with van der Waals surface area (Å²) in [6.07, 6.45) is 7.36. The number of nitrogens with zero attached hydrogens (tertiary/aromatic N) is 2. The fourth-order valence-electron chi connectivity index (χ4n) is 2.87. The lowest BCUT2D eigenvalue weighted by atomic mass is 10.2. The fraction of sp³-hybridized carbons (Fsp3) is 0.438. The third kappa shape index (κ3) is 3.23. The van der Waals surface area contributed by atoms with Crippen molar-refractivity contribution in [3.8, 4) is 0 Å². The lowest BCUT2D eigenvalue weighted by Crippen LogP contribution is -2.07. The molecule has 2 aromatic rings. The molecule has 0 unspecified atom stereocenters. The van der Waals surface area contributed by atoms with Gasteiger partial charge in [-0.1, -0.05) is 28.8 Å². The highest BCUT2D eigenvalue weighted by Gasteiger charge is 2.17. The second kappa shape index (κ2) is 6.00. The molecule has 106 valence electrons. The Kier molecular flexibility index (Phi) is 4.10. The van der Waals surface area contributed by atoms with Crippen molar-refractivity contribution in [3.63, 3.8) is 0 Å². The van der Waals surface area contributed by atoms with Crippen LogP contribution in [0.4, 0.5) is 5.69 Å². The van der Waals surface area contributed by atoms with Crippen molar-refractivity contribution in [2.75, 3.05) is 5.32 Å². The molecule has 4 heteroatoms. The van der Waals surface area contributed by atoms with E-state index in [0.29, 0.717) is 6.04 Å². The molecular formula is C16H20BrN3. The third-order valence-electron chi connectivity index (χ3n) is 3.88. The summed E-state index contributed by atoms with van der Waals surface area (Å²) in [6.45, 7) is 2.88. The van der Waals surface area contributed by atoms with Gasteiger partial charge in [-0.3, -0.25) is 4.68 Å². The highest BCUT2D eigenvalue weighted by Crippen LogP contribution is 2.28. The minimum Gasteiger partial charge on any atom is -0.379 e. The van der Waals surface area contributed by atoms with Gasteiger partial charge in [0, 0.05) is 16.4 Å². The standard InChI is InChI=1S/C16H20BrN3/c1-12-8-13(17)10-15(9-12)18-11-14-6-7-20(19-14)16-4-2-3-5-16/h6-10,16,18H,2-5,11H2,1H3. The Morgan fingerprint density at radius 3 is 2.85 bits per heavy atom. The maximum absolute atomic E-state index is 4.69. The van der Waals surface area contributed by atoms with Gasteiger partial charge < -0.3 is 5.32 Å². The summed E-state index contributed by atoms with van der Waals surface area (Å²) in [4.78, 5) is 0. The second-order valence-electron chi connectivity index (χ2n) is 5.60. The molecule has 0 amide bonds. The molecule has 3 nitrogen and oxygen atoms in total. The summed E-state index contributed by atoms with van der Waals surface area (Å²) in [6, 6.07) is 9.10. The van der Waals surface area contributed by atoms with Gasteiger partial charge in [0.25, 0.3) is 0 Å². The predicted molar refractivity (Wildman–Crippen MR) is 85.9 cm³/mol.